The summed E-state index contributed by atoms with van der Waals surface area (Å²) in [7, 11) is 0. The highest BCUT2D eigenvalue weighted by molar-refractivity contribution is 5.89. The second-order valence-electron chi connectivity index (χ2n) is 4.85. The normalized spacial score (nSPS) is 10.5. The summed E-state index contributed by atoms with van der Waals surface area (Å²) in [5, 5.41) is 8.83. The van der Waals surface area contributed by atoms with Crippen molar-refractivity contribution in [1.82, 2.24) is 0 Å². The molecule has 0 atom stereocenters. The van der Waals surface area contributed by atoms with Crippen LogP contribution in [0.2, 0.25) is 0 Å². The smallest absolute Gasteiger partial charge is 0.338 e. The average Bonchev–Trinajstić information content (AvgIpc) is 2.54. The number of nitrogens with zero attached hydrogens (tertiary/aromatic N) is 1. The molecule has 0 spiro atoms. The third-order valence-electron chi connectivity index (χ3n) is 2.92. The summed E-state index contributed by atoms with van der Waals surface area (Å²) in [4.78, 5) is 26.4. The number of ether oxygens (including phenoxy) is 1. The van der Waals surface area contributed by atoms with Gasteiger partial charge in [-0.25, -0.2) is 9.59 Å². The Morgan fingerprint density at radius 1 is 1.09 bits per heavy atom. The van der Waals surface area contributed by atoms with E-state index in [0.29, 0.717) is 17.0 Å². The van der Waals surface area contributed by atoms with Crippen molar-refractivity contribution in [1.29, 1.82) is 0 Å². The van der Waals surface area contributed by atoms with Crippen molar-refractivity contribution in [3.05, 3.63) is 71.8 Å². The van der Waals surface area contributed by atoms with E-state index < -0.39 is 11.9 Å². The van der Waals surface area contributed by atoms with Gasteiger partial charge in [0.05, 0.1) is 11.3 Å². The van der Waals surface area contributed by atoms with Gasteiger partial charge in [0.2, 0.25) is 0 Å². The van der Waals surface area contributed by atoms with E-state index in [4.69, 9.17) is 9.84 Å². The molecule has 0 saturated carbocycles. The fourth-order valence-corrected chi connectivity index (χ4v) is 1.66. The fourth-order valence-electron chi connectivity index (χ4n) is 1.66. The number of hydrogen-bond donors (Lipinski definition) is 1. The van der Waals surface area contributed by atoms with Crippen LogP contribution in [0.25, 0.3) is 0 Å². The van der Waals surface area contributed by atoms with E-state index in [9.17, 15) is 9.59 Å². The van der Waals surface area contributed by atoms with Gasteiger partial charge in [-0.05, 0) is 61.0 Å². The molecule has 116 valence electrons. The lowest BCUT2D eigenvalue weighted by Gasteiger charge is -2.03. The molecule has 0 aliphatic heterocycles. The molecule has 5 heteroatoms. The molecule has 0 heterocycles. The van der Waals surface area contributed by atoms with Crippen molar-refractivity contribution in [2.75, 3.05) is 0 Å². The molecule has 0 amide bonds. The Hall–Kier alpha value is -3.21. The van der Waals surface area contributed by atoms with Gasteiger partial charge in [-0.3, -0.25) is 4.99 Å². The molecule has 0 aliphatic carbocycles. The van der Waals surface area contributed by atoms with Crippen LogP contribution >= 0.6 is 0 Å². The van der Waals surface area contributed by atoms with E-state index in [0.717, 1.165) is 5.56 Å². The molecule has 0 fully saturated rings. The predicted octanol–water partition coefficient (Wildman–Crippen LogP) is 3.62. The largest absolute Gasteiger partial charge is 0.478 e. The van der Waals surface area contributed by atoms with Gasteiger partial charge in [-0.2, -0.15) is 0 Å². The molecule has 0 unspecified atom stereocenters. The molecular formula is C18H15NO4. The van der Waals surface area contributed by atoms with E-state index in [-0.39, 0.29) is 5.56 Å². The second kappa shape index (κ2) is 7.17. The molecule has 0 radical (unpaired) electrons. The molecule has 5 nitrogen and oxygen atoms in total. The summed E-state index contributed by atoms with van der Waals surface area (Å²) >= 11 is 0. The summed E-state index contributed by atoms with van der Waals surface area (Å²) in [6.07, 6.45) is 1.64. The van der Waals surface area contributed by atoms with Crippen LogP contribution in [0, 0.1) is 0 Å². The van der Waals surface area contributed by atoms with Crippen LogP contribution in [0.15, 0.2) is 65.7 Å². The zero-order valence-electron chi connectivity index (χ0n) is 12.5. The molecular weight excluding hydrogens is 294 g/mol. The molecule has 0 aromatic heterocycles. The first-order valence-corrected chi connectivity index (χ1v) is 6.81. The van der Waals surface area contributed by atoms with E-state index in [1.54, 1.807) is 49.5 Å². The summed E-state index contributed by atoms with van der Waals surface area (Å²) in [5.41, 5.74) is 2.02. The number of aromatic carboxylic acids is 1. The van der Waals surface area contributed by atoms with Gasteiger partial charge >= 0.3 is 11.9 Å². The maximum atomic E-state index is 11.4. The van der Waals surface area contributed by atoms with Crippen molar-refractivity contribution in [3.63, 3.8) is 0 Å². The standard InChI is InChI=1S/C18H15NO4/c1-12(2)18(22)23-16-9-3-13(4-10-16)11-19-15-7-5-14(6-8-15)17(20)21/h3-11H,1H2,2H3,(H,20,21). The molecule has 0 bridgehead atoms. The van der Waals surface area contributed by atoms with Crippen LogP contribution in [0.1, 0.15) is 22.8 Å². The maximum absolute atomic E-state index is 11.4. The number of esters is 1. The number of carbonyl (C=O) groups is 2. The number of hydrogen-bond acceptors (Lipinski definition) is 4. The Morgan fingerprint density at radius 2 is 1.70 bits per heavy atom. The van der Waals surface area contributed by atoms with Crippen molar-refractivity contribution >= 4 is 23.8 Å². The molecule has 2 aromatic rings. The highest BCUT2D eigenvalue weighted by Gasteiger charge is 2.04. The molecule has 2 rings (SSSR count). The van der Waals surface area contributed by atoms with Gasteiger partial charge in [0.15, 0.2) is 0 Å². The third-order valence-corrected chi connectivity index (χ3v) is 2.92. The minimum atomic E-state index is -0.972. The topological polar surface area (TPSA) is 76.0 Å². The van der Waals surface area contributed by atoms with Crippen molar-refractivity contribution < 1.29 is 19.4 Å². The highest BCUT2D eigenvalue weighted by atomic mass is 16.5. The van der Waals surface area contributed by atoms with Gasteiger partial charge in [-0.15, -0.1) is 0 Å². The van der Waals surface area contributed by atoms with Gasteiger partial charge in [0.1, 0.15) is 5.75 Å². The maximum Gasteiger partial charge on any atom is 0.338 e. The highest BCUT2D eigenvalue weighted by Crippen LogP contribution is 2.15. The summed E-state index contributed by atoms with van der Waals surface area (Å²) in [6, 6.07) is 13.1. The Kier molecular flexibility index (Phi) is 5.04. The second-order valence-corrected chi connectivity index (χ2v) is 4.85. The van der Waals surface area contributed by atoms with Gasteiger partial charge in [0.25, 0.3) is 0 Å². The first-order valence-electron chi connectivity index (χ1n) is 6.81. The number of carbonyl (C=O) groups excluding carboxylic acids is 1. The Labute approximate surface area is 133 Å². The van der Waals surface area contributed by atoms with Crippen molar-refractivity contribution in [2.24, 2.45) is 4.99 Å². The summed E-state index contributed by atoms with van der Waals surface area (Å²) in [5.74, 6) is -1.01. The van der Waals surface area contributed by atoms with E-state index >= 15 is 0 Å². The number of aliphatic imine (C=N–C) groups is 1. The van der Waals surface area contributed by atoms with Crippen LogP contribution < -0.4 is 4.74 Å². The lowest BCUT2D eigenvalue weighted by molar-refractivity contribution is -0.130. The Bertz CT molecular complexity index is 759. The first kappa shape index (κ1) is 16.2. The van der Waals surface area contributed by atoms with Gasteiger partial charge in [-0.1, -0.05) is 6.58 Å². The number of carboxylic acids is 1. The Balaban J connectivity index is 2.04. The SMILES string of the molecule is C=C(C)C(=O)Oc1ccc(C=Nc2ccc(C(=O)O)cc2)cc1. The monoisotopic (exact) mass is 309 g/mol. The van der Waals surface area contributed by atoms with Crippen molar-refractivity contribution in [3.8, 4) is 5.75 Å². The number of benzene rings is 2. The van der Waals surface area contributed by atoms with Crippen molar-refractivity contribution in [2.45, 2.75) is 6.92 Å². The molecule has 0 aliphatic rings. The van der Waals surface area contributed by atoms with Crippen LogP contribution in [0.3, 0.4) is 0 Å². The van der Waals surface area contributed by atoms with Crippen LogP contribution in [0.4, 0.5) is 5.69 Å². The Morgan fingerprint density at radius 3 is 2.22 bits per heavy atom. The molecule has 1 N–H and O–H groups in total. The lowest BCUT2D eigenvalue weighted by Crippen LogP contribution is -2.07. The van der Waals surface area contributed by atoms with Gasteiger partial charge < -0.3 is 9.84 Å². The fraction of sp³-hybridized carbons (Fsp3) is 0.0556. The average molecular weight is 309 g/mol. The predicted molar refractivity (Wildman–Crippen MR) is 87.5 cm³/mol. The van der Waals surface area contributed by atoms with Crippen LogP contribution in [-0.4, -0.2) is 23.3 Å². The minimum absolute atomic E-state index is 0.215. The number of rotatable bonds is 5. The first-order chi connectivity index (χ1) is 11.0. The third kappa shape index (κ3) is 4.64. The van der Waals surface area contributed by atoms with E-state index in [1.165, 1.54) is 12.1 Å². The van der Waals surface area contributed by atoms with Crippen LogP contribution in [0.5, 0.6) is 5.75 Å². The van der Waals surface area contributed by atoms with E-state index in [1.807, 2.05) is 0 Å². The summed E-state index contributed by atoms with van der Waals surface area (Å²) < 4.78 is 5.09. The molecule has 23 heavy (non-hydrogen) atoms. The summed E-state index contributed by atoms with van der Waals surface area (Å²) in [6.45, 7) is 5.10. The number of carboxylic acid groups (broad SMARTS) is 1. The minimum Gasteiger partial charge on any atom is -0.478 e. The zero-order valence-corrected chi connectivity index (χ0v) is 12.5. The molecule has 2 aromatic carbocycles. The lowest BCUT2D eigenvalue weighted by atomic mass is 10.2. The molecule has 0 saturated heterocycles. The van der Waals surface area contributed by atoms with Crippen LogP contribution in [-0.2, 0) is 4.79 Å². The van der Waals surface area contributed by atoms with Gasteiger partial charge in [0, 0.05) is 11.8 Å². The zero-order chi connectivity index (χ0) is 16.8. The quantitative estimate of drug-likeness (QED) is 0.396. The van der Waals surface area contributed by atoms with E-state index in [2.05, 4.69) is 11.6 Å².